The lowest BCUT2D eigenvalue weighted by atomic mass is 10.0. The fraction of sp³-hybridized carbons (Fsp3) is 0.318. The predicted molar refractivity (Wildman–Crippen MR) is 110 cm³/mol. The summed E-state index contributed by atoms with van der Waals surface area (Å²) in [6, 6.07) is 12.4. The second-order valence-electron chi connectivity index (χ2n) is 6.51. The van der Waals surface area contributed by atoms with Crippen molar-refractivity contribution in [1.29, 1.82) is 0 Å². The molecule has 1 N–H and O–H groups in total. The van der Waals surface area contributed by atoms with Crippen molar-refractivity contribution in [3.05, 3.63) is 53.6 Å². The molecule has 2 rings (SSSR count). The molecule has 6 nitrogen and oxygen atoms in total. The van der Waals surface area contributed by atoms with E-state index < -0.39 is 5.97 Å². The average Bonchev–Trinajstić information content (AvgIpc) is 2.69. The Hall–Kier alpha value is -2.99. The van der Waals surface area contributed by atoms with Gasteiger partial charge in [0, 0.05) is 6.54 Å². The molecular weight excluding hydrogens is 358 g/mol. The van der Waals surface area contributed by atoms with Crippen LogP contribution in [0.4, 0.5) is 0 Å². The molecule has 0 unspecified atom stereocenters. The first-order chi connectivity index (χ1) is 13.4. The number of hydrogen-bond donors (Lipinski definition) is 1. The third-order valence-corrected chi connectivity index (χ3v) is 4.11. The van der Waals surface area contributed by atoms with Gasteiger partial charge in [-0.05, 0) is 62.0 Å². The van der Waals surface area contributed by atoms with Gasteiger partial charge in [0.15, 0.2) is 11.5 Å². The van der Waals surface area contributed by atoms with Crippen LogP contribution < -0.4 is 14.2 Å². The molecule has 0 saturated carbocycles. The van der Waals surface area contributed by atoms with Gasteiger partial charge in [0.2, 0.25) is 0 Å². The van der Waals surface area contributed by atoms with E-state index in [2.05, 4.69) is 4.90 Å². The topological polar surface area (TPSA) is 68.2 Å². The molecule has 0 fully saturated rings. The van der Waals surface area contributed by atoms with Crippen molar-refractivity contribution < 1.29 is 24.1 Å². The maximum Gasteiger partial charge on any atom is 0.336 e. The minimum absolute atomic E-state index is 0.158. The smallest absolute Gasteiger partial charge is 0.336 e. The molecule has 6 heteroatoms. The van der Waals surface area contributed by atoms with Crippen LogP contribution in [0.25, 0.3) is 11.6 Å². The van der Waals surface area contributed by atoms with E-state index in [4.69, 9.17) is 14.2 Å². The largest absolute Gasteiger partial charge is 0.494 e. The first kappa shape index (κ1) is 21.3. The molecule has 0 radical (unpaired) electrons. The van der Waals surface area contributed by atoms with Crippen molar-refractivity contribution in [1.82, 2.24) is 4.90 Å². The van der Waals surface area contributed by atoms with Gasteiger partial charge in [-0.1, -0.05) is 18.2 Å². The van der Waals surface area contributed by atoms with Crippen LogP contribution in [0.5, 0.6) is 17.2 Å². The van der Waals surface area contributed by atoms with E-state index >= 15 is 0 Å². The maximum atomic E-state index is 11.8. The first-order valence-corrected chi connectivity index (χ1v) is 8.99. The van der Waals surface area contributed by atoms with Crippen molar-refractivity contribution in [2.75, 3.05) is 41.5 Å². The van der Waals surface area contributed by atoms with Gasteiger partial charge in [-0.15, -0.1) is 0 Å². The van der Waals surface area contributed by atoms with Crippen molar-refractivity contribution in [2.24, 2.45) is 0 Å². The summed E-state index contributed by atoms with van der Waals surface area (Å²) >= 11 is 0. The van der Waals surface area contributed by atoms with Crippen molar-refractivity contribution in [2.45, 2.75) is 6.42 Å². The summed E-state index contributed by atoms with van der Waals surface area (Å²) < 4.78 is 16.3. The minimum atomic E-state index is -1.02. The Labute approximate surface area is 166 Å². The van der Waals surface area contributed by atoms with E-state index in [1.165, 1.54) is 14.2 Å². The molecule has 0 heterocycles. The molecule has 2 aromatic carbocycles. The van der Waals surface area contributed by atoms with E-state index in [-0.39, 0.29) is 5.57 Å². The van der Waals surface area contributed by atoms with Crippen LogP contribution in [0, 0.1) is 0 Å². The molecular formula is C22H27NO5. The van der Waals surface area contributed by atoms with Gasteiger partial charge in [0.1, 0.15) is 5.75 Å². The lowest BCUT2D eigenvalue weighted by molar-refractivity contribution is -0.130. The molecule has 0 bridgehead atoms. The highest BCUT2D eigenvalue weighted by Gasteiger charge is 2.14. The lowest BCUT2D eigenvalue weighted by Crippen LogP contribution is -2.15. The number of carboxylic acid groups (broad SMARTS) is 1. The van der Waals surface area contributed by atoms with Gasteiger partial charge in [0.05, 0.1) is 26.4 Å². The molecule has 0 amide bonds. The second kappa shape index (κ2) is 10.4. The fourth-order valence-electron chi connectivity index (χ4n) is 2.70. The quantitative estimate of drug-likeness (QED) is 0.382. The first-order valence-electron chi connectivity index (χ1n) is 8.99. The van der Waals surface area contributed by atoms with Crippen LogP contribution in [0.15, 0.2) is 42.5 Å². The molecule has 0 aromatic heterocycles. The number of carbonyl (C=O) groups is 1. The van der Waals surface area contributed by atoms with Crippen molar-refractivity contribution in [3.8, 4) is 17.2 Å². The van der Waals surface area contributed by atoms with Crippen LogP contribution in [-0.2, 0) is 4.79 Å². The maximum absolute atomic E-state index is 11.8. The Kier molecular flexibility index (Phi) is 7.89. The van der Waals surface area contributed by atoms with E-state index in [1.54, 1.807) is 24.3 Å². The number of aliphatic carboxylic acids is 1. The molecule has 28 heavy (non-hydrogen) atoms. The van der Waals surface area contributed by atoms with Gasteiger partial charge in [0.25, 0.3) is 0 Å². The summed E-state index contributed by atoms with van der Waals surface area (Å²) in [4.78, 5) is 13.9. The third kappa shape index (κ3) is 6.03. The summed E-state index contributed by atoms with van der Waals surface area (Å²) in [6.45, 7) is 1.55. The van der Waals surface area contributed by atoms with Crippen LogP contribution in [0.1, 0.15) is 17.5 Å². The highest BCUT2D eigenvalue weighted by atomic mass is 16.5. The number of methoxy groups -OCH3 is 2. The van der Waals surface area contributed by atoms with Gasteiger partial charge >= 0.3 is 5.97 Å². The summed E-state index contributed by atoms with van der Waals surface area (Å²) in [5.74, 6) is 0.711. The molecule has 150 valence electrons. The molecule has 0 atom stereocenters. The Morgan fingerprint density at radius 1 is 1.07 bits per heavy atom. The average molecular weight is 385 g/mol. The van der Waals surface area contributed by atoms with Crippen molar-refractivity contribution >= 4 is 17.6 Å². The molecule has 0 saturated heterocycles. The highest BCUT2D eigenvalue weighted by Crippen LogP contribution is 2.31. The molecule has 0 aliphatic heterocycles. The SMILES string of the molecule is COc1ccc(/C(=C/c2cccc(OCCCN(C)C)c2)C(=O)O)cc1OC. The highest BCUT2D eigenvalue weighted by molar-refractivity contribution is 6.20. The predicted octanol–water partition coefficient (Wildman–Crippen LogP) is 3.66. The van der Waals surface area contributed by atoms with E-state index in [0.29, 0.717) is 29.4 Å². The number of carboxylic acids is 1. The number of nitrogens with zero attached hydrogens (tertiary/aromatic N) is 1. The fourth-order valence-corrected chi connectivity index (χ4v) is 2.70. The monoisotopic (exact) mass is 385 g/mol. The number of hydrogen-bond acceptors (Lipinski definition) is 5. The van der Waals surface area contributed by atoms with Crippen molar-refractivity contribution in [3.63, 3.8) is 0 Å². The number of benzene rings is 2. The Bertz CT molecular complexity index is 829. The lowest BCUT2D eigenvalue weighted by Gasteiger charge is -2.11. The molecule has 0 aliphatic rings. The zero-order chi connectivity index (χ0) is 20.5. The zero-order valence-corrected chi connectivity index (χ0v) is 16.8. The summed E-state index contributed by atoms with van der Waals surface area (Å²) in [5.41, 5.74) is 1.44. The normalized spacial score (nSPS) is 11.4. The van der Waals surface area contributed by atoms with E-state index in [0.717, 1.165) is 18.5 Å². The molecule has 2 aromatic rings. The van der Waals surface area contributed by atoms with Gasteiger partial charge in [-0.25, -0.2) is 4.79 Å². The van der Waals surface area contributed by atoms with Gasteiger partial charge in [-0.3, -0.25) is 0 Å². The second-order valence-corrected chi connectivity index (χ2v) is 6.51. The minimum Gasteiger partial charge on any atom is -0.494 e. The van der Waals surface area contributed by atoms with Crippen LogP contribution in [0.3, 0.4) is 0 Å². The Morgan fingerprint density at radius 3 is 2.46 bits per heavy atom. The van der Waals surface area contributed by atoms with Crippen LogP contribution >= 0.6 is 0 Å². The van der Waals surface area contributed by atoms with E-state index in [9.17, 15) is 9.90 Å². The zero-order valence-electron chi connectivity index (χ0n) is 16.8. The van der Waals surface area contributed by atoms with E-state index in [1.807, 2.05) is 38.4 Å². The molecule has 0 spiro atoms. The number of rotatable bonds is 10. The van der Waals surface area contributed by atoms with Gasteiger partial charge in [-0.2, -0.15) is 0 Å². The van der Waals surface area contributed by atoms with Crippen LogP contribution in [-0.4, -0.2) is 57.4 Å². The van der Waals surface area contributed by atoms with Crippen LogP contribution in [0.2, 0.25) is 0 Å². The Morgan fingerprint density at radius 2 is 1.82 bits per heavy atom. The molecule has 0 aliphatic carbocycles. The number of ether oxygens (including phenoxy) is 3. The standard InChI is InChI=1S/C22H27NO5/c1-23(2)11-6-12-28-18-8-5-7-16(13-18)14-19(22(24)25)17-9-10-20(26-3)21(15-17)27-4/h5,7-10,13-15H,6,11-12H2,1-4H3,(H,24,25)/b19-14-. The summed E-state index contributed by atoms with van der Waals surface area (Å²) in [7, 11) is 7.10. The Balaban J connectivity index is 2.24. The third-order valence-electron chi connectivity index (χ3n) is 4.11. The van der Waals surface area contributed by atoms with Gasteiger partial charge < -0.3 is 24.2 Å². The summed E-state index contributed by atoms with van der Waals surface area (Å²) in [6.07, 6.45) is 2.54. The summed E-state index contributed by atoms with van der Waals surface area (Å²) in [5, 5.41) is 9.70.